The predicted molar refractivity (Wildman–Crippen MR) is 103 cm³/mol. The molecule has 3 nitrogen and oxygen atoms in total. The molecule has 0 heterocycles. The van der Waals surface area contributed by atoms with Crippen molar-refractivity contribution in [3.05, 3.63) is 70.5 Å². The minimum absolute atomic E-state index is 0.0627. The number of nitrogens with one attached hydrogen (secondary N) is 1. The summed E-state index contributed by atoms with van der Waals surface area (Å²) in [6.45, 7) is 6.80. The highest BCUT2D eigenvalue weighted by atomic mass is 19.1. The molecule has 1 amide bonds. The van der Waals surface area contributed by atoms with Crippen LogP contribution in [0.2, 0.25) is 0 Å². The fraction of sp³-hybridized carbons (Fsp3) is 0.318. The summed E-state index contributed by atoms with van der Waals surface area (Å²) in [5.74, 6) is -1.87. The second-order valence-electron chi connectivity index (χ2n) is 6.69. The molecule has 0 fully saturated rings. The van der Waals surface area contributed by atoms with Gasteiger partial charge in [-0.15, -0.1) is 0 Å². The van der Waals surface area contributed by atoms with E-state index in [2.05, 4.69) is 5.32 Å². The molecule has 0 saturated heterocycles. The Balaban J connectivity index is 2.11. The minimum atomic E-state index is -0.662. The molecule has 2 rings (SSSR count). The Morgan fingerprint density at radius 3 is 2.39 bits per heavy atom. The molecule has 150 valence electrons. The van der Waals surface area contributed by atoms with E-state index in [1.54, 1.807) is 6.92 Å². The van der Waals surface area contributed by atoms with Crippen molar-refractivity contribution < 1.29 is 22.7 Å². The molecule has 0 aliphatic carbocycles. The van der Waals surface area contributed by atoms with Crippen LogP contribution in [0, 0.1) is 24.4 Å². The van der Waals surface area contributed by atoms with E-state index in [1.807, 2.05) is 13.8 Å². The lowest BCUT2D eigenvalue weighted by Gasteiger charge is -2.15. The maximum absolute atomic E-state index is 13.7. The van der Waals surface area contributed by atoms with Crippen LogP contribution in [0.15, 0.2) is 36.4 Å². The van der Waals surface area contributed by atoms with Crippen LogP contribution in [-0.4, -0.2) is 12.0 Å². The van der Waals surface area contributed by atoms with Crippen LogP contribution in [0.4, 0.5) is 13.2 Å². The van der Waals surface area contributed by atoms with E-state index in [9.17, 15) is 18.0 Å². The number of rotatable bonds is 7. The molecule has 0 saturated carbocycles. The van der Waals surface area contributed by atoms with Crippen molar-refractivity contribution in [2.45, 2.75) is 46.3 Å². The van der Waals surface area contributed by atoms with E-state index in [1.165, 1.54) is 49.4 Å². The Kier molecular flexibility index (Phi) is 7.26. The maximum Gasteiger partial charge on any atom is 0.244 e. The van der Waals surface area contributed by atoms with Gasteiger partial charge in [0.25, 0.3) is 0 Å². The van der Waals surface area contributed by atoms with Gasteiger partial charge in [-0.05, 0) is 63.1 Å². The summed E-state index contributed by atoms with van der Waals surface area (Å²) in [6, 6.07) is 5.87. The zero-order valence-electron chi connectivity index (χ0n) is 16.4. The van der Waals surface area contributed by atoms with Gasteiger partial charge in [-0.2, -0.15) is 0 Å². The highest BCUT2D eigenvalue weighted by Gasteiger charge is 2.13. The molecule has 2 aromatic carbocycles. The van der Waals surface area contributed by atoms with Crippen LogP contribution in [0.3, 0.4) is 0 Å². The van der Waals surface area contributed by atoms with Crippen molar-refractivity contribution in [2.24, 2.45) is 0 Å². The Morgan fingerprint density at radius 1 is 1.14 bits per heavy atom. The Labute approximate surface area is 163 Å². The zero-order chi connectivity index (χ0) is 20.8. The quantitative estimate of drug-likeness (QED) is 0.635. The van der Waals surface area contributed by atoms with Crippen LogP contribution >= 0.6 is 0 Å². The number of hydrogen-bond donors (Lipinski definition) is 1. The lowest BCUT2D eigenvalue weighted by molar-refractivity contribution is -0.117. The number of ether oxygens (including phenoxy) is 1. The third-order valence-corrected chi connectivity index (χ3v) is 4.45. The topological polar surface area (TPSA) is 38.3 Å². The molecule has 6 heteroatoms. The number of carbonyl (C=O) groups excluding carboxylic acids is 1. The summed E-state index contributed by atoms with van der Waals surface area (Å²) in [5, 5.41) is 2.65. The number of carbonyl (C=O) groups is 1. The van der Waals surface area contributed by atoms with Crippen molar-refractivity contribution >= 4 is 12.0 Å². The summed E-state index contributed by atoms with van der Waals surface area (Å²) in [5.41, 5.74) is 0.814. The van der Waals surface area contributed by atoms with Gasteiger partial charge in [-0.3, -0.25) is 4.79 Å². The number of halogens is 3. The van der Waals surface area contributed by atoms with Crippen molar-refractivity contribution in [3.8, 4) is 5.75 Å². The normalized spacial score (nSPS) is 13.4. The zero-order valence-corrected chi connectivity index (χ0v) is 16.4. The molecule has 1 unspecified atom stereocenters. The highest BCUT2D eigenvalue weighted by molar-refractivity contribution is 5.92. The van der Waals surface area contributed by atoms with E-state index >= 15 is 0 Å². The average molecular weight is 391 g/mol. The van der Waals surface area contributed by atoms with Gasteiger partial charge < -0.3 is 10.1 Å². The molecule has 0 aliphatic rings. The predicted octanol–water partition coefficient (Wildman–Crippen LogP) is 5.48. The lowest BCUT2D eigenvalue weighted by Crippen LogP contribution is -2.25. The molecular formula is C22H24F3NO2. The largest absolute Gasteiger partial charge is 0.490 e. The summed E-state index contributed by atoms with van der Waals surface area (Å²) in [6.07, 6.45) is 3.43. The van der Waals surface area contributed by atoms with E-state index < -0.39 is 29.4 Å². The van der Waals surface area contributed by atoms with Gasteiger partial charge in [-0.1, -0.05) is 6.92 Å². The van der Waals surface area contributed by atoms with Gasteiger partial charge in [0.15, 0.2) is 0 Å². The number of hydrogen-bond acceptors (Lipinski definition) is 2. The first-order valence-electron chi connectivity index (χ1n) is 9.11. The summed E-state index contributed by atoms with van der Waals surface area (Å²) < 4.78 is 46.6. The number of amides is 1. The van der Waals surface area contributed by atoms with E-state index in [-0.39, 0.29) is 11.7 Å². The molecule has 0 aliphatic heterocycles. The van der Waals surface area contributed by atoms with Crippen LogP contribution < -0.4 is 10.1 Å². The molecule has 0 bridgehead atoms. The third kappa shape index (κ3) is 5.62. The van der Waals surface area contributed by atoms with Gasteiger partial charge in [-0.25, -0.2) is 13.2 Å². The molecule has 0 radical (unpaired) electrons. The Morgan fingerprint density at radius 2 is 1.79 bits per heavy atom. The van der Waals surface area contributed by atoms with Crippen LogP contribution in [0.25, 0.3) is 6.08 Å². The minimum Gasteiger partial charge on any atom is -0.490 e. The molecule has 0 spiro atoms. The standard InChI is InChI=1S/C22H24F3NO2/c1-5-13(2)28-21-12-18(23)8-6-16(21)7-9-22(27)26-15(4)17-10-19(24)14(3)20(25)11-17/h6-13,15H,5H2,1-4H3,(H,26,27)/b9-7+/t13?,15-/m1/s1. The average Bonchev–Trinajstić information content (AvgIpc) is 2.64. The van der Waals surface area contributed by atoms with Gasteiger partial charge >= 0.3 is 0 Å². The van der Waals surface area contributed by atoms with Crippen LogP contribution in [-0.2, 0) is 4.79 Å². The Bertz CT molecular complexity index is 857. The molecule has 0 aromatic heterocycles. The fourth-order valence-corrected chi connectivity index (χ4v) is 2.47. The van der Waals surface area contributed by atoms with Crippen molar-refractivity contribution in [3.63, 3.8) is 0 Å². The summed E-state index contributed by atoms with van der Waals surface area (Å²) >= 11 is 0. The van der Waals surface area contributed by atoms with Crippen molar-refractivity contribution in [1.82, 2.24) is 5.32 Å². The first kappa shape index (κ1) is 21.5. The second kappa shape index (κ2) is 9.44. The third-order valence-electron chi connectivity index (χ3n) is 4.45. The molecule has 2 aromatic rings. The van der Waals surface area contributed by atoms with E-state index in [0.717, 1.165) is 6.42 Å². The summed E-state index contributed by atoms with van der Waals surface area (Å²) in [4.78, 5) is 12.2. The van der Waals surface area contributed by atoms with E-state index in [0.29, 0.717) is 16.9 Å². The molecule has 28 heavy (non-hydrogen) atoms. The monoisotopic (exact) mass is 391 g/mol. The van der Waals surface area contributed by atoms with Gasteiger partial charge in [0.1, 0.15) is 23.2 Å². The Hall–Kier alpha value is -2.76. The lowest BCUT2D eigenvalue weighted by atomic mass is 10.1. The maximum atomic E-state index is 13.7. The molecular weight excluding hydrogens is 367 g/mol. The van der Waals surface area contributed by atoms with Crippen LogP contribution in [0.1, 0.15) is 49.9 Å². The first-order chi connectivity index (χ1) is 13.2. The van der Waals surface area contributed by atoms with Crippen LogP contribution in [0.5, 0.6) is 5.75 Å². The molecule has 1 N–H and O–H groups in total. The number of benzene rings is 2. The van der Waals surface area contributed by atoms with Crippen molar-refractivity contribution in [2.75, 3.05) is 0 Å². The van der Waals surface area contributed by atoms with Gasteiger partial charge in [0.05, 0.1) is 12.1 Å². The summed E-state index contributed by atoms with van der Waals surface area (Å²) in [7, 11) is 0. The smallest absolute Gasteiger partial charge is 0.244 e. The second-order valence-corrected chi connectivity index (χ2v) is 6.69. The highest BCUT2D eigenvalue weighted by Crippen LogP contribution is 2.24. The van der Waals surface area contributed by atoms with E-state index in [4.69, 9.17) is 4.74 Å². The van der Waals surface area contributed by atoms with Gasteiger partial charge in [0.2, 0.25) is 5.91 Å². The first-order valence-corrected chi connectivity index (χ1v) is 9.11. The van der Waals surface area contributed by atoms with Crippen molar-refractivity contribution in [1.29, 1.82) is 0 Å². The fourth-order valence-electron chi connectivity index (χ4n) is 2.47. The van der Waals surface area contributed by atoms with Gasteiger partial charge in [0, 0.05) is 23.3 Å². The molecule has 2 atom stereocenters. The SMILES string of the molecule is CCC(C)Oc1cc(F)ccc1/C=C/C(=O)N[C@H](C)c1cc(F)c(C)c(F)c1.